The van der Waals surface area contributed by atoms with Crippen LogP contribution in [-0.4, -0.2) is 42.3 Å². The molecule has 0 radical (unpaired) electrons. The van der Waals surface area contributed by atoms with Gasteiger partial charge in [0.15, 0.2) is 0 Å². The molecule has 3 heteroatoms. The van der Waals surface area contributed by atoms with E-state index in [1.807, 2.05) is 0 Å². The first-order valence-electron chi connectivity index (χ1n) is 7.27. The van der Waals surface area contributed by atoms with Crippen LogP contribution in [0.2, 0.25) is 0 Å². The number of hydrogen-bond donors (Lipinski definition) is 2. The first-order valence-corrected chi connectivity index (χ1v) is 7.27. The lowest BCUT2D eigenvalue weighted by atomic mass is 10.0. The zero-order chi connectivity index (χ0) is 14.3. The topological polar surface area (TPSA) is 35.5 Å². The fourth-order valence-electron chi connectivity index (χ4n) is 2.34. The molecule has 108 valence electrons. The van der Waals surface area contributed by atoms with Crippen LogP contribution in [0, 0.1) is 6.92 Å². The van der Waals surface area contributed by atoms with Crippen LogP contribution in [0.15, 0.2) is 24.3 Å². The maximum atomic E-state index is 10.0. The summed E-state index contributed by atoms with van der Waals surface area (Å²) in [5.41, 5.74) is 2.60. The lowest BCUT2D eigenvalue weighted by molar-refractivity contribution is 0.114. The molecule has 19 heavy (non-hydrogen) atoms. The highest BCUT2D eigenvalue weighted by Crippen LogP contribution is 2.16. The molecule has 1 unspecified atom stereocenters. The summed E-state index contributed by atoms with van der Waals surface area (Å²) in [7, 11) is 0. The molecular weight excluding hydrogens is 236 g/mol. The van der Waals surface area contributed by atoms with Crippen LogP contribution in [-0.2, 0) is 0 Å². The molecule has 0 aromatic heterocycles. The van der Waals surface area contributed by atoms with Gasteiger partial charge in [-0.2, -0.15) is 0 Å². The highest BCUT2D eigenvalue weighted by molar-refractivity contribution is 5.28. The van der Waals surface area contributed by atoms with Gasteiger partial charge in [0.25, 0.3) is 0 Å². The molecule has 1 rings (SSSR count). The number of rotatable bonds is 8. The van der Waals surface area contributed by atoms with Crippen molar-refractivity contribution >= 4 is 0 Å². The van der Waals surface area contributed by atoms with E-state index in [0.717, 1.165) is 19.6 Å². The van der Waals surface area contributed by atoms with Crippen molar-refractivity contribution in [2.45, 2.75) is 39.8 Å². The third-order valence-electron chi connectivity index (χ3n) is 3.68. The summed E-state index contributed by atoms with van der Waals surface area (Å²) < 4.78 is 0. The Bertz CT molecular complexity index is 364. The average molecular weight is 264 g/mol. The van der Waals surface area contributed by atoms with Crippen molar-refractivity contribution in [1.82, 2.24) is 10.2 Å². The van der Waals surface area contributed by atoms with Gasteiger partial charge >= 0.3 is 0 Å². The smallest absolute Gasteiger partial charge is 0.0791 e. The van der Waals surface area contributed by atoms with E-state index in [2.05, 4.69) is 62.2 Å². The fraction of sp³-hybridized carbons (Fsp3) is 0.625. The number of aliphatic hydroxyl groups excluding tert-OH is 1. The third-order valence-corrected chi connectivity index (χ3v) is 3.68. The van der Waals surface area contributed by atoms with Crippen molar-refractivity contribution < 1.29 is 5.11 Å². The van der Waals surface area contributed by atoms with Gasteiger partial charge in [-0.3, -0.25) is 0 Å². The summed E-state index contributed by atoms with van der Waals surface area (Å²) in [5.74, 6) is 0. The first kappa shape index (κ1) is 16.2. The highest BCUT2D eigenvalue weighted by atomic mass is 16.3. The van der Waals surface area contributed by atoms with Gasteiger partial charge in [-0.05, 0) is 38.1 Å². The van der Waals surface area contributed by atoms with Gasteiger partial charge in [-0.1, -0.05) is 38.1 Å². The third kappa shape index (κ3) is 5.31. The summed E-state index contributed by atoms with van der Waals surface area (Å²) in [6, 6.07) is 8.66. The molecule has 0 aliphatic carbocycles. The maximum Gasteiger partial charge on any atom is 0.0791 e. The number of likely N-dealkylation sites (N-methyl/N-ethyl adjacent to an activating group) is 1. The molecule has 3 nitrogen and oxygen atoms in total. The van der Waals surface area contributed by atoms with E-state index in [0.29, 0.717) is 6.54 Å². The van der Waals surface area contributed by atoms with Crippen molar-refractivity contribution in [1.29, 1.82) is 0 Å². The van der Waals surface area contributed by atoms with Gasteiger partial charge in [-0.15, -0.1) is 0 Å². The summed E-state index contributed by atoms with van der Waals surface area (Å²) in [4.78, 5) is 2.24. The van der Waals surface area contributed by atoms with Gasteiger partial charge < -0.3 is 15.3 Å². The molecular formula is C16H28N2O. The largest absolute Gasteiger partial charge is 0.390 e. The van der Waals surface area contributed by atoms with Crippen LogP contribution in [0.4, 0.5) is 0 Å². The van der Waals surface area contributed by atoms with E-state index in [1.165, 1.54) is 11.1 Å². The molecule has 0 saturated carbocycles. The fourth-order valence-corrected chi connectivity index (χ4v) is 2.34. The molecule has 0 spiro atoms. The van der Waals surface area contributed by atoms with E-state index in [4.69, 9.17) is 0 Å². The second kappa shape index (κ2) is 8.31. The zero-order valence-corrected chi connectivity index (χ0v) is 12.7. The maximum absolute atomic E-state index is 10.0. The predicted molar refractivity (Wildman–Crippen MR) is 81.4 cm³/mol. The van der Waals surface area contributed by atoms with Crippen LogP contribution < -0.4 is 5.32 Å². The standard InChI is InChI=1S/C16H28N2O/c1-5-18(6-2)12-15(19)11-17-14(4)16-10-8-7-9-13(16)3/h7-10,14-15,17,19H,5-6,11-12H2,1-4H3/t14-,15?/m0/s1. The van der Waals surface area contributed by atoms with Crippen LogP contribution >= 0.6 is 0 Å². The Labute approximate surface area is 117 Å². The summed E-state index contributed by atoms with van der Waals surface area (Å²) in [6.45, 7) is 11.9. The Morgan fingerprint density at radius 3 is 2.42 bits per heavy atom. The molecule has 0 aliphatic rings. The molecule has 2 N–H and O–H groups in total. The molecule has 0 heterocycles. The molecule has 0 aliphatic heterocycles. The molecule has 0 bridgehead atoms. The SMILES string of the molecule is CCN(CC)CC(O)CN[C@@H](C)c1ccccc1C. The van der Waals surface area contributed by atoms with Crippen LogP contribution in [0.25, 0.3) is 0 Å². The number of benzene rings is 1. The molecule has 1 aromatic carbocycles. The lowest BCUT2D eigenvalue weighted by Gasteiger charge is -2.24. The van der Waals surface area contributed by atoms with E-state index in [9.17, 15) is 5.11 Å². The predicted octanol–water partition coefficient (Wildman–Crippen LogP) is 2.35. The number of hydrogen-bond acceptors (Lipinski definition) is 3. The van der Waals surface area contributed by atoms with Crippen molar-refractivity contribution in [3.8, 4) is 0 Å². The summed E-state index contributed by atoms with van der Waals surface area (Å²) >= 11 is 0. The molecule has 1 aromatic rings. The second-order valence-corrected chi connectivity index (χ2v) is 5.13. The highest BCUT2D eigenvalue weighted by Gasteiger charge is 2.12. The number of aliphatic hydroxyl groups is 1. The summed E-state index contributed by atoms with van der Waals surface area (Å²) in [5, 5.41) is 13.5. The Morgan fingerprint density at radius 1 is 1.21 bits per heavy atom. The Balaban J connectivity index is 2.42. The normalized spacial score (nSPS) is 14.6. The van der Waals surface area contributed by atoms with Crippen molar-refractivity contribution in [3.63, 3.8) is 0 Å². The van der Waals surface area contributed by atoms with E-state index < -0.39 is 0 Å². The Kier molecular flexibility index (Phi) is 7.06. The molecule has 0 fully saturated rings. The van der Waals surface area contributed by atoms with E-state index in [-0.39, 0.29) is 12.1 Å². The van der Waals surface area contributed by atoms with Crippen LogP contribution in [0.3, 0.4) is 0 Å². The quantitative estimate of drug-likeness (QED) is 0.756. The summed E-state index contributed by atoms with van der Waals surface area (Å²) in [6.07, 6.45) is -0.314. The minimum absolute atomic E-state index is 0.271. The molecule has 0 amide bonds. The van der Waals surface area contributed by atoms with Crippen LogP contribution in [0.5, 0.6) is 0 Å². The first-order chi connectivity index (χ1) is 9.08. The van der Waals surface area contributed by atoms with Crippen molar-refractivity contribution in [2.24, 2.45) is 0 Å². The number of aryl methyl sites for hydroxylation is 1. The molecule has 2 atom stereocenters. The van der Waals surface area contributed by atoms with E-state index in [1.54, 1.807) is 0 Å². The average Bonchev–Trinajstić information content (AvgIpc) is 2.42. The minimum Gasteiger partial charge on any atom is -0.390 e. The lowest BCUT2D eigenvalue weighted by Crippen LogP contribution is -2.39. The Hall–Kier alpha value is -0.900. The molecule has 0 saturated heterocycles. The van der Waals surface area contributed by atoms with Crippen molar-refractivity contribution in [3.05, 3.63) is 35.4 Å². The van der Waals surface area contributed by atoms with Gasteiger partial charge in [-0.25, -0.2) is 0 Å². The van der Waals surface area contributed by atoms with Gasteiger partial charge in [0.1, 0.15) is 0 Å². The van der Waals surface area contributed by atoms with Gasteiger partial charge in [0.2, 0.25) is 0 Å². The second-order valence-electron chi connectivity index (χ2n) is 5.13. The number of nitrogens with zero attached hydrogens (tertiary/aromatic N) is 1. The van der Waals surface area contributed by atoms with Crippen LogP contribution in [0.1, 0.15) is 37.9 Å². The van der Waals surface area contributed by atoms with E-state index >= 15 is 0 Å². The number of nitrogens with one attached hydrogen (secondary N) is 1. The minimum atomic E-state index is -0.314. The zero-order valence-electron chi connectivity index (χ0n) is 12.7. The Morgan fingerprint density at radius 2 is 1.84 bits per heavy atom. The van der Waals surface area contributed by atoms with Crippen molar-refractivity contribution in [2.75, 3.05) is 26.2 Å². The monoisotopic (exact) mass is 264 g/mol. The van der Waals surface area contributed by atoms with Gasteiger partial charge in [0.05, 0.1) is 6.10 Å². The van der Waals surface area contributed by atoms with Gasteiger partial charge in [0, 0.05) is 19.1 Å².